The molecular weight excluding hydrogens is 250 g/mol. The molecule has 1 N–H and O–H groups in total. The molecule has 0 aliphatic carbocycles. The van der Waals surface area contributed by atoms with E-state index in [1.165, 1.54) is 5.56 Å². The lowest BCUT2D eigenvalue weighted by molar-refractivity contribution is 0.183. The van der Waals surface area contributed by atoms with Crippen molar-refractivity contribution in [3.8, 4) is 0 Å². The molecule has 1 aromatic carbocycles. The molecule has 104 valence electrons. The highest BCUT2D eigenvalue weighted by molar-refractivity contribution is 5.31. The molecule has 4 heteroatoms. The van der Waals surface area contributed by atoms with Gasteiger partial charge in [0.2, 0.25) is 5.95 Å². The van der Waals surface area contributed by atoms with Gasteiger partial charge in [-0.25, -0.2) is 9.97 Å². The maximum atomic E-state index is 5.49. The summed E-state index contributed by atoms with van der Waals surface area (Å²) in [6.45, 7) is 1.74. The summed E-state index contributed by atoms with van der Waals surface area (Å²) in [7, 11) is 0. The van der Waals surface area contributed by atoms with Crippen LogP contribution in [-0.2, 0) is 4.74 Å². The lowest BCUT2D eigenvalue weighted by atomic mass is 9.94. The predicted molar refractivity (Wildman–Crippen MR) is 78.4 cm³/mol. The summed E-state index contributed by atoms with van der Waals surface area (Å²) >= 11 is 0. The van der Waals surface area contributed by atoms with E-state index in [9.17, 15) is 0 Å². The van der Waals surface area contributed by atoms with Crippen LogP contribution in [0, 0.1) is 5.92 Å². The predicted octanol–water partition coefficient (Wildman–Crippen LogP) is 3.06. The average Bonchev–Trinajstić information content (AvgIpc) is 3.02. The Morgan fingerprint density at radius 2 is 1.95 bits per heavy atom. The summed E-state index contributed by atoms with van der Waals surface area (Å²) in [6, 6.07) is 12.5. The zero-order chi connectivity index (χ0) is 13.6. The van der Waals surface area contributed by atoms with Crippen molar-refractivity contribution in [1.82, 2.24) is 9.97 Å². The summed E-state index contributed by atoms with van der Waals surface area (Å²) in [5.74, 6) is 1.29. The normalized spacial score (nSPS) is 19.7. The fourth-order valence-electron chi connectivity index (χ4n) is 2.60. The van der Waals surface area contributed by atoms with Crippen LogP contribution in [0.5, 0.6) is 0 Å². The smallest absolute Gasteiger partial charge is 0.223 e. The number of hydrogen-bond acceptors (Lipinski definition) is 4. The van der Waals surface area contributed by atoms with Crippen molar-refractivity contribution in [3.63, 3.8) is 0 Å². The van der Waals surface area contributed by atoms with Gasteiger partial charge in [0.25, 0.3) is 0 Å². The van der Waals surface area contributed by atoms with Crippen LogP contribution in [0.1, 0.15) is 24.4 Å². The number of nitrogens with one attached hydrogen (secondary N) is 1. The Morgan fingerprint density at radius 1 is 1.15 bits per heavy atom. The highest BCUT2D eigenvalue weighted by Gasteiger charge is 2.22. The van der Waals surface area contributed by atoms with E-state index in [-0.39, 0.29) is 6.04 Å². The van der Waals surface area contributed by atoms with Crippen molar-refractivity contribution in [1.29, 1.82) is 0 Å². The molecule has 1 saturated heterocycles. The zero-order valence-corrected chi connectivity index (χ0v) is 11.4. The lowest BCUT2D eigenvalue weighted by Crippen LogP contribution is -2.17. The van der Waals surface area contributed by atoms with Crippen LogP contribution in [0.2, 0.25) is 0 Å². The van der Waals surface area contributed by atoms with Crippen LogP contribution in [0.3, 0.4) is 0 Å². The number of nitrogens with zero attached hydrogens (tertiary/aromatic N) is 2. The van der Waals surface area contributed by atoms with Crippen molar-refractivity contribution >= 4 is 5.95 Å². The fraction of sp³-hybridized carbons (Fsp3) is 0.375. The molecule has 1 aromatic heterocycles. The fourth-order valence-corrected chi connectivity index (χ4v) is 2.60. The molecule has 1 aliphatic rings. The van der Waals surface area contributed by atoms with Crippen molar-refractivity contribution in [2.75, 3.05) is 18.5 Å². The van der Waals surface area contributed by atoms with Crippen molar-refractivity contribution < 1.29 is 4.74 Å². The molecule has 1 aliphatic heterocycles. The van der Waals surface area contributed by atoms with E-state index in [1.54, 1.807) is 12.4 Å². The molecule has 0 unspecified atom stereocenters. The number of anilines is 1. The highest BCUT2D eigenvalue weighted by atomic mass is 16.5. The molecule has 0 radical (unpaired) electrons. The molecule has 0 amide bonds. The third-order valence-corrected chi connectivity index (χ3v) is 3.66. The van der Waals surface area contributed by atoms with Crippen LogP contribution in [0.4, 0.5) is 5.95 Å². The molecule has 3 rings (SSSR count). The molecule has 4 nitrogen and oxygen atoms in total. The van der Waals surface area contributed by atoms with E-state index in [1.807, 2.05) is 12.1 Å². The molecular formula is C16H19N3O. The zero-order valence-electron chi connectivity index (χ0n) is 11.4. The summed E-state index contributed by atoms with van der Waals surface area (Å²) in [5, 5.41) is 3.44. The topological polar surface area (TPSA) is 47.0 Å². The summed E-state index contributed by atoms with van der Waals surface area (Å²) < 4.78 is 5.49. The summed E-state index contributed by atoms with van der Waals surface area (Å²) in [6.07, 6.45) is 5.70. The van der Waals surface area contributed by atoms with Crippen LogP contribution in [0.15, 0.2) is 48.8 Å². The standard InChI is InChI=1S/C16H19N3O/c1-2-5-14(6-3-1)15(11-13-7-10-20-12-13)19-16-17-8-4-9-18-16/h1-6,8-9,13,15H,7,10-12H2,(H,17,18,19)/t13-,15+/m1/s1. The number of hydrogen-bond donors (Lipinski definition) is 1. The largest absolute Gasteiger partial charge is 0.381 e. The Bertz CT molecular complexity index is 512. The minimum Gasteiger partial charge on any atom is -0.381 e. The molecule has 0 saturated carbocycles. The van der Waals surface area contributed by atoms with Gasteiger partial charge < -0.3 is 10.1 Å². The molecule has 2 heterocycles. The average molecular weight is 269 g/mol. The first kappa shape index (κ1) is 13.1. The Hall–Kier alpha value is -1.94. The number of ether oxygens (including phenoxy) is 1. The van der Waals surface area contributed by atoms with Crippen LogP contribution in [-0.4, -0.2) is 23.2 Å². The maximum absolute atomic E-state index is 5.49. The monoisotopic (exact) mass is 269 g/mol. The van der Waals surface area contributed by atoms with Gasteiger partial charge in [0.1, 0.15) is 0 Å². The minimum absolute atomic E-state index is 0.227. The Labute approximate surface area is 119 Å². The summed E-state index contributed by atoms with van der Waals surface area (Å²) in [4.78, 5) is 8.53. The van der Waals surface area contributed by atoms with E-state index in [0.717, 1.165) is 26.1 Å². The number of benzene rings is 1. The van der Waals surface area contributed by atoms with Gasteiger partial charge in [0, 0.05) is 25.6 Å². The van der Waals surface area contributed by atoms with Crippen LogP contribution < -0.4 is 5.32 Å². The van der Waals surface area contributed by atoms with E-state index < -0.39 is 0 Å². The molecule has 2 aromatic rings. The molecule has 2 atom stereocenters. The second-order valence-corrected chi connectivity index (χ2v) is 5.15. The van der Waals surface area contributed by atoms with Gasteiger partial charge in [-0.05, 0) is 30.4 Å². The van der Waals surface area contributed by atoms with Gasteiger partial charge in [-0.3, -0.25) is 0 Å². The van der Waals surface area contributed by atoms with Gasteiger partial charge in [-0.15, -0.1) is 0 Å². The van der Waals surface area contributed by atoms with E-state index >= 15 is 0 Å². The SMILES string of the molecule is c1ccc([C@H](C[C@H]2CCOC2)Nc2ncccn2)cc1. The lowest BCUT2D eigenvalue weighted by Gasteiger charge is -2.21. The van der Waals surface area contributed by atoms with Gasteiger partial charge in [-0.1, -0.05) is 30.3 Å². The van der Waals surface area contributed by atoms with Crippen LogP contribution in [0.25, 0.3) is 0 Å². The molecule has 0 spiro atoms. The second kappa shape index (κ2) is 6.48. The molecule has 20 heavy (non-hydrogen) atoms. The Balaban J connectivity index is 1.76. The van der Waals surface area contributed by atoms with Crippen molar-refractivity contribution in [2.45, 2.75) is 18.9 Å². The first-order chi connectivity index (χ1) is 9.92. The van der Waals surface area contributed by atoms with Crippen molar-refractivity contribution in [2.24, 2.45) is 5.92 Å². The quantitative estimate of drug-likeness (QED) is 0.906. The van der Waals surface area contributed by atoms with Gasteiger partial charge in [0.05, 0.1) is 6.04 Å². The highest BCUT2D eigenvalue weighted by Crippen LogP contribution is 2.28. The van der Waals surface area contributed by atoms with Gasteiger partial charge >= 0.3 is 0 Å². The Kier molecular flexibility index (Phi) is 4.23. The molecule has 0 bridgehead atoms. The first-order valence-electron chi connectivity index (χ1n) is 7.08. The van der Waals surface area contributed by atoms with E-state index in [4.69, 9.17) is 4.74 Å². The summed E-state index contributed by atoms with van der Waals surface area (Å²) in [5.41, 5.74) is 1.27. The second-order valence-electron chi connectivity index (χ2n) is 5.15. The van der Waals surface area contributed by atoms with Crippen molar-refractivity contribution in [3.05, 3.63) is 54.4 Å². The number of aromatic nitrogens is 2. The van der Waals surface area contributed by atoms with Gasteiger partial charge in [0.15, 0.2) is 0 Å². The van der Waals surface area contributed by atoms with E-state index in [0.29, 0.717) is 11.9 Å². The molecule has 1 fully saturated rings. The third-order valence-electron chi connectivity index (χ3n) is 3.66. The third kappa shape index (κ3) is 3.33. The first-order valence-corrected chi connectivity index (χ1v) is 7.08. The van der Waals surface area contributed by atoms with Crippen LogP contribution >= 0.6 is 0 Å². The number of rotatable bonds is 5. The van der Waals surface area contributed by atoms with E-state index in [2.05, 4.69) is 39.6 Å². The maximum Gasteiger partial charge on any atom is 0.223 e. The minimum atomic E-state index is 0.227. The van der Waals surface area contributed by atoms with Gasteiger partial charge in [-0.2, -0.15) is 0 Å². The Morgan fingerprint density at radius 3 is 2.65 bits per heavy atom.